The van der Waals surface area contributed by atoms with Crippen molar-refractivity contribution in [3.8, 4) is 0 Å². The van der Waals surface area contributed by atoms with Gasteiger partial charge in [-0.25, -0.2) is 5.84 Å². The number of carbonyl (C=O) groups excluding carboxylic acids is 1. The smallest absolute Gasteiger partial charge is 0.234 e. The monoisotopic (exact) mass is 168 g/mol. The van der Waals surface area contributed by atoms with E-state index < -0.39 is 0 Å². The number of aromatic nitrogens is 2. The van der Waals surface area contributed by atoms with Gasteiger partial charge in [-0.05, 0) is 12.0 Å². The molecular formula is C7H12N4O. The standard InChI is InChI=1S/C7H12N4O/c1-11-5-6(4-9-11)2-3-7(12)10-8/h4-5H,2-3,8H2,1H3,(H,10,12). The highest BCUT2D eigenvalue weighted by Gasteiger charge is 2.00. The molecular weight excluding hydrogens is 156 g/mol. The van der Waals surface area contributed by atoms with Crippen LogP contribution in [-0.2, 0) is 18.3 Å². The molecule has 12 heavy (non-hydrogen) atoms. The molecule has 0 aliphatic heterocycles. The van der Waals surface area contributed by atoms with Gasteiger partial charge in [-0.1, -0.05) is 0 Å². The van der Waals surface area contributed by atoms with Crippen molar-refractivity contribution in [1.82, 2.24) is 15.2 Å². The summed E-state index contributed by atoms with van der Waals surface area (Å²) in [5.41, 5.74) is 3.12. The minimum atomic E-state index is -0.154. The maximum Gasteiger partial charge on any atom is 0.234 e. The highest BCUT2D eigenvalue weighted by molar-refractivity contribution is 5.75. The molecule has 0 unspecified atom stereocenters. The molecule has 1 amide bonds. The third-order valence-corrected chi connectivity index (χ3v) is 1.56. The van der Waals surface area contributed by atoms with E-state index in [0.29, 0.717) is 12.8 Å². The van der Waals surface area contributed by atoms with Crippen molar-refractivity contribution in [2.75, 3.05) is 0 Å². The fourth-order valence-corrected chi connectivity index (χ4v) is 0.931. The predicted molar refractivity (Wildman–Crippen MR) is 43.9 cm³/mol. The van der Waals surface area contributed by atoms with E-state index in [1.54, 1.807) is 10.9 Å². The van der Waals surface area contributed by atoms with E-state index in [0.717, 1.165) is 5.56 Å². The fraction of sp³-hybridized carbons (Fsp3) is 0.429. The average molecular weight is 168 g/mol. The molecule has 0 spiro atoms. The average Bonchev–Trinajstić information content (AvgIpc) is 2.47. The number of aryl methyl sites for hydroxylation is 2. The molecule has 1 aromatic heterocycles. The highest BCUT2D eigenvalue weighted by Crippen LogP contribution is 1.99. The number of hydrogen-bond acceptors (Lipinski definition) is 3. The molecule has 0 aliphatic carbocycles. The molecule has 0 saturated carbocycles. The first-order chi connectivity index (χ1) is 5.72. The highest BCUT2D eigenvalue weighted by atomic mass is 16.2. The molecule has 0 saturated heterocycles. The van der Waals surface area contributed by atoms with Crippen LogP contribution in [0.4, 0.5) is 0 Å². The maximum atomic E-state index is 10.7. The van der Waals surface area contributed by atoms with Crippen LogP contribution in [0, 0.1) is 0 Å². The van der Waals surface area contributed by atoms with Crippen molar-refractivity contribution in [3.05, 3.63) is 18.0 Å². The molecule has 5 heteroatoms. The Labute approximate surface area is 70.5 Å². The van der Waals surface area contributed by atoms with E-state index in [9.17, 15) is 4.79 Å². The zero-order chi connectivity index (χ0) is 8.97. The predicted octanol–water partition coefficient (Wildman–Crippen LogP) is -0.657. The number of carbonyl (C=O) groups is 1. The van der Waals surface area contributed by atoms with Gasteiger partial charge in [0.25, 0.3) is 0 Å². The zero-order valence-corrected chi connectivity index (χ0v) is 6.95. The number of hydrazine groups is 1. The van der Waals surface area contributed by atoms with E-state index >= 15 is 0 Å². The summed E-state index contributed by atoms with van der Waals surface area (Å²) in [6.07, 6.45) is 4.70. The van der Waals surface area contributed by atoms with E-state index in [-0.39, 0.29) is 5.91 Å². The normalized spacial score (nSPS) is 9.83. The summed E-state index contributed by atoms with van der Waals surface area (Å²) in [7, 11) is 1.84. The number of amides is 1. The molecule has 0 bridgehead atoms. The molecule has 0 aliphatic rings. The lowest BCUT2D eigenvalue weighted by Gasteiger charge is -1.95. The van der Waals surface area contributed by atoms with Crippen LogP contribution in [0.15, 0.2) is 12.4 Å². The van der Waals surface area contributed by atoms with Gasteiger partial charge in [0.05, 0.1) is 6.20 Å². The van der Waals surface area contributed by atoms with E-state index in [2.05, 4.69) is 10.5 Å². The van der Waals surface area contributed by atoms with Crippen LogP contribution >= 0.6 is 0 Å². The minimum absolute atomic E-state index is 0.154. The van der Waals surface area contributed by atoms with Crippen molar-refractivity contribution in [2.24, 2.45) is 12.9 Å². The molecule has 3 N–H and O–H groups in total. The molecule has 0 radical (unpaired) electrons. The Morgan fingerprint density at radius 1 is 1.83 bits per heavy atom. The van der Waals surface area contributed by atoms with Crippen molar-refractivity contribution < 1.29 is 4.79 Å². The van der Waals surface area contributed by atoms with E-state index in [1.807, 2.05) is 13.2 Å². The molecule has 66 valence electrons. The van der Waals surface area contributed by atoms with Gasteiger partial charge in [-0.3, -0.25) is 14.9 Å². The maximum absolute atomic E-state index is 10.7. The summed E-state index contributed by atoms with van der Waals surface area (Å²) in [6.45, 7) is 0. The first-order valence-corrected chi connectivity index (χ1v) is 3.69. The Kier molecular flexibility index (Phi) is 2.82. The SMILES string of the molecule is Cn1cc(CCC(=O)NN)cn1. The molecule has 1 rings (SSSR count). The lowest BCUT2D eigenvalue weighted by Crippen LogP contribution is -2.30. The summed E-state index contributed by atoms with van der Waals surface area (Å²) >= 11 is 0. The lowest BCUT2D eigenvalue weighted by molar-refractivity contribution is -0.121. The van der Waals surface area contributed by atoms with Crippen LogP contribution in [0.1, 0.15) is 12.0 Å². The van der Waals surface area contributed by atoms with E-state index in [1.165, 1.54) is 0 Å². The Balaban J connectivity index is 2.38. The van der Waals surface area contributed by atoms with Crippen LogP contribution in [0.25, 0.3) is 0 Å². The van der Waals surface area contributed by atoms with Crippen molar-refractivity contribution >= 4 is 5.91 Å². The molecule has 0 fully saturated rings. The molecule has 5 nitrogen and oxygen atoms in total. The fourth-order valence-electron chi connectivity index (χ4n) is 0.931. The van der Waals surface area contributed by atoms with Gasteiger partial charge in [0.15, 0.2) is 0 Å². The number of nitrogens with one attached hydrogen (secondary N) is 1. The summed E-state index contributed by atoms with van der Waals surface area (Å²) in [4.78, 5) is 10.7. The molecule has 1 aromatic rings. The third-order valence-electron chi connectivity index (χ3n) is 1.56. The zero-order valence-electron chi connectivity index (χ0n) is 6.95. The number of hydrogen-bond donors (Lipinski definition) is 2. The number of nitrogens with zero attached hydrogens (tertiary/aromatic N) is 2. The van der Waals surface area contributed by atoms with Gasteiger partial charge in [0.2, 0.25) is 5.91 Å². The molecule has 0 aromatic carbocycles. The van der Waals surface area contributed by atoms with Gasteiger partial charge in [0.1, 0.15) is 0 Å². The van der Waals surface area contributed by atoms with Crippen molar-refractivity contribution in [2.45, 2.75) is 12.8 Å². The first kappa shape index (κ1) is 8.73. The number of nitrogens with two attached hydrogens (primary N) is 1. The van der Waals surface area contributed by atoms with Crippen LogP contribution < -0.4 is 11.3 Å². The second-order valence-electron chi connectivity index (χ2n) is 2.59. The summed E-state index contributed by atoms with van der Waals surface area (Å²) in [5.74, 6) is 4.77. The van der Waals surface area contributed by atoms with Crippen molar-refractivity contribution in [1.29, 1.82) is 0 Å². The van der Waals surface area contributed by atoms with Gasteiger partial charge < -0.3 is 0 Å². The number of rotatable bonds is 3. The Hall–Kier alpha value is -1.36. The summed E-state index contributed by atoms with van der Waals surface area (Å²) in [5, 5.41) is 3.97. The van der Waals surface area contributed by atoms with Gasteiger partial charge in [-0.2, -0.15) is 5.10 Å². The second kappa shape index (κ2) is 3.87. The summed E-state index contributed by atoms with van der Waals surface area (Å²) in [6, 6.07) is 0. The Bertz CT molecular complexity index is 268. The third kappa shape index (κ3) is 2.35. The topological polar surface area (TPSA) is 72.9 Å². The van der Waals surface area contributed by atoms with Gasteiger partial charge >= 0.3 is 0 Å². The summed E-state index contributed by atoms with van der Waals surface area (Å²) < 4.78 is 1.70. The largest absolute Gasteiger partial charge is 0.294 e. The molecule has 0 atom stereocenters. The van der Waals surface area contributed by atoms with Crippen LogP contribution in [0.3, 0.4) is 0 Å². The van der Waals surface area contributed by atoms with E-state index in [4.69, 9.17) is 5.84 Å². The second-order valence-corrected chi connectivity index (χ2v) is 2.59. The van der Waals surface area contributed by atoms with Crippen LogP contribution in [-0.4, -0.2) is 15.7 Å². The first-order valence-electron chi connectivity index (χ1n) is 3.69. The van der Waals surface area contributed by atoms with Crippen molar-refractivity contribution in [3.63, 3.8) is 0 Å². The Morgan fingerprint density at radius 2 is 2.58 bits per heavy atom. The Morgan fingerprint density at radius 3 is 3.08 bits per heavy atom. The van der Waals surface area contributed by atoms with Gasteiger partial charge in [-0.15, -0.1) is 0 Å². The quantitative estimate of drug-likeness (QED) is 0.357. The lowest BCUT2D eigenvalue weighted by atomic mass is 10.2. The molecule has 1 heterocycles. The van der Waals surface area contributed by atoms with Gasteiger partial charge in [0, 0.05) is 19.7 Å². The van der Waals surface area contributed by atoms with Crippen LogP contribution in [0.2, 0.25) is 0 Å². The van der Waals surface area contributed by atoms with Crippen LogP contribution in [0.5, 0.6) is 0 Å². The minimum Gasteiger partial charge on any atom is -0.294 e.